The molecule has 50 heavy (non-hydrogen) atoms. The molecule has 0 aliphatic heterocycles. The van der Waals surface area contributed by atoms with Crippen molar-refractivity contribution in [3.8, 4) is 44.8 Å². The van der Waals surface area contributed by atoms with Crippen molar-refractivity contribution in [2.75, 3.05) is 0 Å². The average Bonchev–Trinajstić information content (AvgIpc) is 3.72. The number of fused-ring (bicyclic) bond motifs is 7. The first-order chi connectivity index (χ1) is 24.8. The lowest BCUT2D eigenvalue weighted by molar-refractivity contribution is 1.17. The molecule has 0 aliphatic rings. The second kappa shape index (κ2) is 11.5. The zero-order valence-corrected chi connectivity index (χ0v) is 27.4. The molecule has 0 unspecified atom stereocenters. The molecule has 0 aliphatic carbocycles. The Morgan fingerprint density at radius 2 is 0.520 bits per heavy atom. The zero-order chi connectivity index (χ0) is 33.0. The van der Waals surface area contributed by atoms with Crippen LogP contribution >= 0.6 is 0 Å². The highest BCUT2D eigenvalue weighted by Crippen LogP contribution is 2.42. The van der Waals surface area contributed by atoms with Gasteiger partial charge in [0.25, 0.3) is 0 Å². The van der Waals surface area contributed by atoms with E-state index in [0.29, 0.717) is 0 Å². The highest BCUT2D eigenvalue weighted by molar-refractivity contribution is 6.28. The first kappa shape index (κ1) is 28.4. The quantitative estimate of drug-likeness (QED) is 0.178. The first-order valence-corrected chi connectivity index (χ1v) is 17.2. The van der Waals surface area contributed by atoms with Gasteiger partial charge in [-0.25, -0.2) is 0 Å². The summed E-state index contributed by atoms with van der Waals surface area (Å²) in [5.41, 5.74) is 14.5. The third-order valence-corrected chi connectivity index (χ3v) is 10.2. The minimum absolute atomic E-state index is 1.15. The molecule has 234 valence electrons. The molecule has 10 aromatic rings. The van der Waals surface area contributed by atoms with E-state index in [2.05, 4.69) is 203 Å². The van der Waals surface area contributed by atoms with E-state index in [1.54, 1.807) is 0 Å². The maximum Gasteiger partial charge on any atom is 0.0548 e. The van der Waals surface area contributed by atoms with Crippen LogP contribution in [0.4, 0.5) is 0 Å². The van der Waals surface area contributed by atoms with Gasteiger partial charge in [-0.05, 0) is 81.9 Å². The predicted molar refractivity (Wildman–Crippen MR) is 211 cm³/mol. The fourth-order valence-corrected chi connectivity index (χ4v) is 7.80. The Kier molecular flexibility index (Phi) is 6.53. The van der Waals surface area contributed by atoms with E-state index in [1.165, 1.54) is 77.0 Å². The van der Waals surface area contributed by atoms with Gasteiger partial charge >= 0.3 is 0 Å². The van der Waals surface area contributed by atoms with Crippen LogP contribution in [0.1, 0.15) is 0 Å². The van der Waals surface area contributed by atoms with Crippen LogP contribution < -0.4 is 0 Å². The molecule has 0 amide bonds. The summed E-state index contributed by atoms with van der Waals surface area (Å²) in [6.07, 6.45) is 0. The molecule has 0 N–H and O–H groups in total. The topological polar surface area (TPSA) is 9.86 Å². The van der Waals surface area contributed by atoms with E-state index in [4.69, 9.17) is 0 Å². The number of nitrogens with zero attached hydrogens (tertiary/aromatic N) is 2. The molecular formula is C48H32N2. The third kappa shape index (κ3) is 4.50. The SMILES string of the molecule is c1ccc(-c2ccc(-c3ccc(-n4c5ccccc5c5c6c7ccccc7n(-c7ccc(-c8ccccc8)cc7)c6ccc54)cc3)cc2)cc1. The van der Waals surface area contributed by atoms with Crippen molar-refractivity contribution in [2.24, 2.45) is 0 Å². The van der Waals surface area contributed by atoms with Crippen molar-refractivity contribution >= 4 is 43.6 Å². The van der Waals surface area contributed by atoms with Gasteiger partial charge in [0.05, 0.1) is 22.1 Å². The van der Waals surface area contributed by atoms with Gasteiger partial charge in [0.2, 0.25) is 0 Å². The van der Waals surface area contributed by atoms with Crippen LogP contribution in [0.5, 0.6) is 0 Å². The van der Waals surface area contributed by atoms with Crippen LogP contribution in [0.3, 0.4) is 0 Å². The van der Waals surface area contributed by atoms with E-state index in [9.17, 15) is 0 Å². The van der Waals surface area contributed by atoms with Crippen molar-refractivity contribution in [3.63, 3.8) is 0 Å². The van der Waals surface area contributed by atoms with E-state index >= 15 is 0 Å². The monoisotopic (exact) mass is 636 g/mol. The zero-order valence-electron chi connectivity index (χ0n) is 27.4. The van der Waals surface area contributed by atoms with Crippen LogP contribution in [-0.4, -0.2) is 9.13 Å². The maximum absolute atomic E-state index is 2.42. The normalized spacial score (nSPS) is 11.6. The fourth-order valence-electron chi connectivity index (χ4n) is 7.80. The molecular weight excluding hydrogens is 605 g/mol. The van der Waals surface area contributed by atoms with Gasteiger partial charge in [-0.15, -0.1) is 0 Å². The Labute approximate surface area is 290 Å². The van der Waals surface area contributed by atoms with Gasteiger partial charge in [0.1, 0.15) is 0 Å². The van der Waals surface area contributed by atoms with Crippen molar-refractivity contribution < 1.29 is 0 Å². The summed E-state index contributed by atoms with van der Waals surface area (Å²) in [5.74, 6) is 0. The number of para-hydroxylation sites is 2. The second-order valence-electron chi connectivity index (χ2n) is 13.0. The van der Waals surface area contributed by atoms with Crippen molar-refractivity contribution in [2.45, 2.75) is 0 Å². The lowest BCUT2D eigenvalue weighted by Gasteiger charge is -2.11. The smallest absolute Gasteiger partial charge is 0.0548 e. The lowest BCUT2D eigenvalue weighted by Crippen LogP contribution is -1.95. The van der Waals surface area contributed by atoms with Crippen LogP contribution in [0.25, 0.3) is 88.4 Å². The lowest BCUT2D eigenvalue weighted by atomic mass is 10.0. The minimum Gasteiger partial charge on any atom is -0.309 e. The second-order valence-corrected chi connectivity index (χ2v) is 13.0. The van der Waals surface area contributed by atoms with Crippen molar-refractivity contribution in [3.05, 3.63) is 194 Å². The summed E-state index contributed by atoms with van der Waals surface area (Å²) < 4.78 is 4.84. The van der Waals surface area contributed by atoms with Crippen LogP contribution in [0.15, 0.2) is 194 Å². The van der Waals surface area contributed by atoms with Crippen LogP contribution in [-0.2, 0) is 0 Å². The van der Waals surface area contributed by atoms with Gasteiger partial charge in [0, 0.05) is 32.9 Å². The minimum atomic E-state index is 1.15. The molecule has 0 fully saturated rings. The van der Waals surface area contributed by atoms with Crippen LogP contribution in [0, 0.1) is 0 Å². The summed E-state index contributed by atoms with van der Waals surface area (Å²) in [6.45, 7) is 0. The van der Waals surface area contributed by atoms with Gasteiger partial charge in [-0.3, -0.25) is 0 Å². The molecule has 0 saturated heterocycles. The molecule has 8 aromatic carbocycles. The largest absolute Gasteiger partial charge is 0.309 e. The first-order valence-electron chi connectivity index (χ1n) is 17.2. The highest BCUT2D eigenvalue weighted by atomic mass is 15.0. The Morgan fingerprint density at radius 3 is 0.900 bits per heavy atom. The average molecular weight is 637 g/mol. The summed E-state index contributed by atoms with van der Waals surface area (Å²) in [4.78, 5) is 0. The molecule has 2 nitrogen and oxygen atoms in total. The van der Waals surface area contributed by atoms with Crippen molar-refractivity contribution in [1.82, 2.24) is 9.13 Å². The summed E-state index contributed by atoms with van der Waals surface area (Å²) >= 11 is 0. The number of rotatable bonds is 5. The van der Waals surface area contributed by atoms with Gasteiger partial charge in [-0.2, -0.15) is 0 Å². The third-order valence-electron chi connectivity index (χ3n) is 10.2. The summed E-state index contributed by atoms with van der Waals surface area (Å²) in [7, 11) is 0. The molecule has 0 atom stereocenters. The number of aromatic nitrogens is 2. The molecule has 2 heteroatoms. The summed E-state index contributed by atoms with van der Waals surface area (Å²) in [6, 6.07) is 70.2. The van der Waals surface area contributed by atoms with E-state index in [-0.39, 0.29) is 0 Å². The maximum atomic E-state index is 2.42. The molecule has 0 saturated carbocycles. The van der Waals surface area contributed by atoms with Crippen LogP contribution in [0.2, 0.25) is 0 Å². The van der Waals surface area contributed by atoms with E-state index < -0.39 is 0 Å². The summed E-state index contributed by atoms with van der Waals surface area (Å²) in [5, 5.41) is 5.10. The van der Waals surface area contributed by atoms with E-state index in [1.807, 2.05) is 0 Å². The fraction of sp³-hybridized carbons (Fsp3) is 0. The number of benzene rings is 8. The standard InChI is InChI=1S/C48H32N2/c1-3-11-33(12-4-1)35-19-21-36(22-20-35)38-25-29-40(30-26-38)50-44-18-10-8-16-42(44)48-46(50)32-31-45-47(48)41-15-7-9-17-43(41)49(45)39-27-23-37(24-28-39)34-13-5-2-6-14-34/h1-32H. The number of hydrogen-bond acceptors (Lipinski definition) is 0. The van der Waals surface area contributed by atoms with E-state index in [0.717, 1.165) is 11.4 Å². The molecule has 0 spiro atoms. The highest BCUT2D eigenvalue weighted by Gasteiger charge is 2.20. The van der Waals surface area contributed by atoms with Gasteiger partial charge in [0.15, 0.2) is 0 Å². The van der Waals surface area contributed by atoms with Crippen molar-refractivity contribution in [1.29, 1.82) is 0 Å². The molecule has 0 radical (unpaired) electrons. The molecule has 10 rings (SSSR count). The predicted octanol–water partition coefficient (Wildman–Crippen LogP) is 12.9. The Balaban J connectivity index is 1.12. The Morgan fingerprint density at radius 1 is 0.220 bits per heavy atom. The van der Waals surface area contributed by atoms with Gasteiger partial charge < -0.3 is 9.13 Å². The Hall–Kier alpha value is -6.64. The molecule has 2 heterocycles. The molecule has 0 bridgehead atoms. The number of hydrogen-bond donors (Lipinski definition) is 0. The molecule has 2 aromatic heterocycles. The Bertz CT molecular complexity index is 2800. The van der Waals surface area contributed by atoms with Gasteiger partial charge in [-0.1, -0.05) is 146 Å².